The fraction of sp³-hybridized carbons (Fsp3) is 0.462. The van der Waals surface area contributed by atoms with Gasteiger partial charge in [-0.1, -0.05) is 23.2 Å². The van der Waals surface area contributed by atoms with Gasteiger partial charge in [0.25, 0.3) is 5.91 Å². The summed E-state index contributed by atoms with van der Waals surface area (Å²) in [5.74, 6) is 0.231. The first-order valence-electron chi connectivity index (χ1n) is 6.14. The highest BCUT2D eigenvalue weighted by Crippen LogP contribution is 2.28. The van der Waals surface area contributed by atoms with Gasteiger partial charge in [0, 0.05) is 11.6 Å². The Kier molecular flexibility index (Phi) is 4.91. The first kappa shape index (κ1) is 14.4. The maximum Gasteiger partial charge on any atom is 0.286 e. The molecule has 0 radical (unpaired) electrons. The Bertz CT molecular complexity index is 461. The van der Waals surface area contributed by atoms with Gasteiger partial charge in [-0.15, -0.1) is 0 Å². The molecule has 1 amide bonds. The molecule has 1 aromatic carbocycles. The summed E-state index contributed by atoms with van der Waals surface area (Å²) in [7, 11) is 0. The molecule has 0 aliphatic carbocycles. The van der Waals surface area contributed by atoms with E-state index in [0.29, 0.717) is 28.9 Å². The molecule has 1 aliphatic rings. The highest BCUT2D eigenvalue weighted by atomic mass is 35.5. The Morgan fingerprint density at radius 3 is 2.84 bits per heavy atom. The minimum atomic E-state index is -0.656. The summed E-state index contributed by atoms with van der Waals surface area (Å²) in [6, 6.07) is 4.88. The van der Waals surface area contributed by atoms with E-state index in [4.69, 9.17) is 32.8 Å². The van der Waals surface area contributed by atoms with Gasteiger partial charge in [-0.05, 0) is 38.0 Å². The van der Waals surface area contributed by atoms with Crippen LogP contribution in [0.15, 0.2) is 18.2 Å². The van der Waals surface area contributed by atoms with E-state index >= 15 is 0 Å². The molecule has 1 aliphatic heterocycles. The summed E-state index contributed by atoms with van der Waals surface area (Å²) >= 11 is 11.8. The van der Waals surface area contributed by atoms with Crippen molar-refractivity contribution in [3.05, 3.63) is 28.2 Å². The summed E-state index contributed by atoms with van der Waals surface area (Å²) < 4.78 is 5.55. The number of rotatable bonds is 3. The Morgan fingerprint density at radius 1 is 1.42 bits per heavy atom. The topological polar surface area (TPSA) is 38.8 Å². The summed E-state index contributed by atoms with van der Waals surface area (Å²) in [6.07, 6.45) is 1.26. The van der Waals surface area contributed by atoms with Crippen LogP contribution in [0.4, 0.5) is 0 Å². The predicted molar refractivity (Wildman–Crippen MR) is 73.5 cm³/mol. The van der Waals surface area contributed by atoms with Crippen molar-refractivity contribution in [1.82, 2.24) is 5.06 Å². The maximum absolute atomic E-state index is 12.1. The lowest BCUT2D eigenvalue weighted by molar-refractivity contribution is -0.202. The van der Waals surface area contributed by atoms with Crippen molar-refractivity contribution in [3.8, 4) is 5.75 Å². The number of carbonyl (C=O) groups is 1. The van der Waals surface area contributed by atoms with Gasteiger partial charge < -0.3 is 4.74 Å². The molecule has 2 rings (SSSR count). The van der Waals surface area contributed by atoms with Crippen molar-refractivity contribution in [3.63, 3.8) is 0 Å². The van der Waals surface area contributed by atoms with E-state index in [-0.39, 0.29) is 5.91 Å². The van der Waals surface area contributed by atoms with Gasteiger partial charge in [-0.3, -0.25) is 9.63 Å². The number of carbonyl (C=O) groups excluding carboxylic acids is 1. The van der Waals surface area contributed by atoms with Crippen molar-refractivity contribution in [1.29, 1.82) is 0 Å². The Labute approximate surface area is 122 Å². The summed E-state index contributed by atoms with van der Waals surface area (Å²) in [6.45, 7) is 2.84. The van der Waals surface area contributed by atoms with E-state index < -0.39 is 6.10 Å². The lowest BCUT2D eigenvalue weighted by Gasteiger charge is -2.28. The SMILES string of the molecule is CC(Oc1ccc(Cl)cc1Cl)C(=O)N1CCCCO1. The van der Waals surface area contributed by atoms with E-state index in [9.17, 15) is 4.79 Å². The zero-order chi connectivity index (χ0) is 13.8. The third-order valence-corrected chi connectivity index (χ3v) is 3.32. The highest BCUT2D eigenvalue weighted by molar-refractivity contribution is 6.35. The number of nitrogens with zero attached hydrogens (tertiary/aromatic N) is 1. The molecule has 1 saturated heterocycles. The van der Waals surface area contributed by atoms with Crippen LogP contribution in [-0.4, -0.2) is 30.2 Å². The smallest absolute Gasteiger partial charge is 0.286 e. The molecule has 1 atom stereocenters. The van der Waals surface area contributed by atoms with Crippen LogP contribution in [0.2, 0.25) is 10.0 Å². The largest absolute Gasteiger partial charge is 0.479 e. The van der Waals surface area contributed by atoms with Crippen molar-refractivity contribution < 1.29 is 14.4 Å². The minimum absolute atomic E-state index is 0.203. The second kappa shape index (κ2) is 6.46. The van der Waals surface area contributed by atoms with Gasteiger partial charge in [-0.25, -0.2) is 5.06 Å². The standard InChI is InChI=1S/C13H15Cl2NO3/c1-9(13(17)16-6-2-3-7-18-16)19-12-5-4-10(14)8-11(12)15/h4-5,8-9H,2-3,6-7H2,1H3. The molecule has 0 bridgehead atoms. The van der Waals surface area contributed by atoms with Gasteiger partial charge in [-0.2, -0.15) is 0 Å². The molecular formula is C13H15Cl2NO3. The normalized spacial score (nSPS) is 17.1. The fourth-order valence-electron chi connectivity index (χ4n) is 1.78. The fourth-order valence-corrected chi connectivity index (χ4v) is 2.24. The second-order valence-electron chi connectivity index (χ2n) is 4.32. The average Bonchev–Trinajstić information content (AvgIpc) is 2.42. The predicted octanol–water partition coefficient (Wildman–Crippen LogP) is 3.31. The van der Waals surface area contributed by atoms with Crippen LogP contribution in [0.1, 0.15) is 19.8 Å². The van der Waals surface area contributed by atoms with Crippen LogP contribution in [0.5, 0.6) is 5.75 Å². The lowest BCUT2D eigenvalue weighted by atomic mass is 10.2. The van der Waals surface area contributed by atoms with Crippen molar-refractivity contribution in [2.75, 3.05) is 13.2 Å². The van der Waals surface area contributed by atoms with Gasteiger partial charge in [0.2, 0.25) is 0 Å². The van der Waals surface area contributed by atoms with Crippen molar-refractivity contribution in [2.24, 2.45) is 0 Å². The molecule has 0 N–H and O–H groups in total. The van der Waals surface area contributed by atoms with Crippen LogP contribution in [0.25, 0.3) is 0 Å². The molecule has 1 aromatic rings. The first-order chi connectivity index (χ1) is 9.08. The van der Waals surface area contributed by atoms with Gasteiger partial charge >= 0.3 is 0 Å². The van der Waals surface area contributed by atoms with E-state index in [1.165, 1.54) is 5.06 Å². The zero-order valence-corrected chi connectivity index (χ0v) is 12.1. The summed E-state index contributed by atoms with van der Waals surface area (Å²) in [5.41, 5.74) is 0. The third kappa shape index (κ3) is 3.75. The van der Waals surface area contributed by atoms with Gasteiger partial charge in [0.15, 0.2) is 6.10 Å². The highest BCUT2D eigenvalue weighted by Gasteiger charge is 2.25. The zero-order valence-electron chi connectivity index (χ0n) is 10.6. The first-order valence-corrected chi connectivity index (χ1v) is 6.89. The molecule has 19 heavy (non-hydrogen) atoms. The summed E-state index contributed by atoms with van der Waals surface area (Å²) in [5, 5.41) is 2.26. The van der Waals surface area contributed by atoms with Crippen LogP contribution in [-0.2, 0) is 9.63 Å². The number of halogens is 2. The number of amides is 1. The molecule has 0 aromatic heterocycles. The van der Waals surface area contributed by atoms with Crippen LogP contribution < -0.4 is 4.74 Å². The Morgan fingerprint density at radius 2 is 2.21 bits per heavy atom. The number of hydrogen-bond acceptors (Lipinski definition) is 3. The quantitative estimate of drug-likeness (QED) is 0.860. The third-order valence-electron chi connectivity index (χ3n) is 2.79. The van der Waals surface area contributed by atoms with Gasteiger partial charge in [0.1, 0.15) is 5.75 Å². The summed E-state index contributed by atoms with van der Waals surface area (Å²) in [4.78, 5) is 17.4. The molecule has 1 heterocycles. The number of hydroxylamine groups is 2. The average molecular weight is 304 g/mol. The van der Waals surface area contributed by atoms with Crippen molar-refractivity contribution in [2.45, 2.75) is 25.9 Å². The van der Waals surface area contributed by atoms with E-state index in [1.807, 2.05) is 0 Å². The molecule has 4 nitrogen and oxygen atoms in total. The minimum Gasteiger partial charge on any atom is -0.479 e. The number of benzene rings is 1. The second-order valence-corrected chi connectivity index (χ2v) is 5.16. The molecule has 0 saturated carbocycles. The van der Waals surface area contributed by atoms with Crippen LogP contribution in [0.3, 0.4) is 0 Å². The van der Waals surface area contributed by atoms with Crippen LogP contribution in [0, 0.1) is 0 Å². The van der Waals surface area contributed by atoms with E-state index in [1.54, 1.807) is 25.1 Å². The molecular weight excluding hydrogens is 289 g/mol. The van der Waals surface area contributed by atoms with E-state index in [2.05, 4.69) is 0 Å². The number of ether oxygens (including phenoxy) is 1. The maximum atomic E-state index is 12.1. The Hall–Kier alpha value is -0.970. The lowest BCUT2D eigenvalue weighted by Crippen LogP contribution is -2.43. The monoisotopic (exact) mass is 303 g/mol. The molecule has 6 heteroatoms. The molecule has 1 unspecified atom stereocenters. The number of hydrogen-bond donors (Lipinski definition) is 0. The molecule has 104 valence electrons. The van der Waals surface area contributed by atoms with Crippen LogP contribution >= 0.6 is 23.2 Å². The van der Waals surface area contributed by atoms with E-state index in [0.717, 1.165) is 12.8 Å². The van der Waals surface area contributed by atoms with Gasteiger partial charge in [0.05, 0.1) is 11.6 Å². The molecule has 1 fully saturated rings. The Balaban J connectivity index is 1.99. The van der Waals surface area contributed by atoms with Crippen molar-refractivity contribution >= 4 is 29.1 Å². The molecule has 0 spiro atoms.